The van der Waals surface area contributed by atoms with Crippen molar-refractivity contribution in [1.82, 2.24) is 10.6 Å². The number of esters is 4. The highest BCUT2D eigenvalue weighted by Gasteiger charge is 2.52. The molecule has 91 heavy (non-hydrogen) atoms. The largest absolute Gasteiger partial charge is 0.480 e. The molecule has 6 N–H and O–H groups in total. The van der Waals surface area contributed by atoms with Crippen LogP contribution in [0.4, 0.5) is 0 Å². The van der Waals surface area contributed by atoms with Crippen molar-refractivity contribution in [3.63, 3.8) is 0 Å². The molecule has 0 aromatic carbocycles. The van der Waals surface area contributed by atoms with Gasteiger partial charge in [0.25, 0.3) is 0 Å². The highest BCUT2D eigenvalue weighted by Crippen LogP contribution is 2.42. The van der Waals surface area contributed by atoms with Crippen molar-refractivity contribution in [1.29, 1.82) is 0 Å². The number of amides is 2. The van der Waals surface area contributed by atoms with Crippen LogP contribution in [0, 0.1) is 0 Å². The lowest BCUT2D eigenvalue weighted by molar-refractivity contribution is -0.272. The summed E-state index contributed by atoms with van der Waals surface area (Å²) in [5.41, 5.74) is 0. The number of ether oxygens (including phenoxy) is 6. The quantitative estimate of drug-likeness (QED) is 0.0143. The van der Waals surface area contributed by atoms with Crippen LogP contribution in [-0.2, 0) is 71.1 Å². The van der Waals surface area contributed by atoms with Gasteiger partial charge in [0, 0.05) is 19.3 Å². The molecule has 8 unspecified atom stereocenters. The number of carboxylic acids is 1. The Balaban J connectivity index is 3.78. The van der Waals surface area contributed by atoms with E-state index in [0.717, 1.165) is 148 Å². The predicted molar refractivity (Wildman–Crippen MR) is 351 cm³/mol. The van der Waals surface area contributed by atoms with Crippen LogP contribution in [0.5, 0.6) is 0 Å². The Morgan fingerprint density at radius 1 is 0.451 bits per heavy atom. The van der Waals surface area contributed by atoms with Gasteiger partial charge in [-0.2, -0.15) is 0 Å². The second kappa shape index (κ2) is 55.6. The van der Waals surface area contributed by atoms with Crippen molar-refractivity contribution >= 4 is 49.5 Å². The molecule has 0 radical (unpaired) electrons. The second-order valence-electron chi connectivity index (χ2n) is 25.3. The first-order valence-electron chi connectivity index (χ1n) is 36.1. The highest BCUT2D eigenvalue weighted by molar-refractivity contribution is 7.46. The fraction of sp³-hybridized carbons (Fsp3) is 0.899. The van der Waals surface area contributed by atoms with Gasteiger partial charge in [-0.15, -0.1) is 0 Å². The van der Waals surface area contributed by atoms with Crippen molar-refractivity contribution in [3.05, 3.63) is 0 Å². The van der Waals surface area contributed by atoms with Gasteiger partial charge in [0.05, 0.1) is 32.5 Å². The van der Waals surface area contributed by atoms with Crippen molar-refractivity contribution in [2.45, 2.75) is 385 Å². The van der Waals surface area contributed by atoms with E-state index >= 15 is 0 Å². The van der Waals surface area contributed by atoms with Crippen molar-refractivity contribution in [2.24, 2.45) is 0 Å². The van der Waals surface area contributed by atoms with Crippen LogP contribution >= 0.6 is 7.82 Å². The summed E-state index contributed by atoms with van der Waals surface area (Å²) in [5, 5.41) is 26.5. The molecule has 0 aliphatic carbocycles. The summed E-state index contributed by atoms with van der Waals surface area (Å²) < 4.78 is 54.0. The summed E-state index contributed by atoms with van der Waals surface area (Å²) in [4.78, 5) is 116. The van der Waals surface area contributed by atoms with E-state index < -0.39 is 131 Å². The van der Waals surface area contributed by atoms with Crippen molar-refractivity contribution < 1.29 is 91.1 Å². The Labute approximate surface area is 547 Å². The van der Waals surface area contributed by atoms with E-state index in [9.17, 15) is 58.1 Å². The average molecular weight is 1320 g/mol. The maximum absolute atomic E-state index is 14.6. The summed E-state index contributed by atoms with van der Waals surface area (Å²) in [6.45, 7) is 10.6. The van der Waals surface area contributed by atoms with Gasteiger partial charge in [-0.1, -0.05) is 234 Å². The molecule has 532 valence electrons. The molecule has 0 aromatic heterocycles. The maximum atomic E-state index is 14.6. The molecule has 0 saturated carbocycles. The summed E-state index contributed by atoms with van der Waals surface area (Å²) in [5.74, 6) is -5.65. The molecule has 1 rings (SSSR count). The number of hydrogen-bond acceptors (Lipinski definition) is 16. The van der Waals surface area contributed by atoms with Crippen LogP contribution in [0.25, 0.3) is 0 Å². The number of nitrogens with one attached hydrogen (secondary N) is 2. The van der Waals surface area contributed by atoms with Crippen LogP contribution in [0.2, 0.25) is 0 Å². The van der Waals surface area contributed by atoms with Crippen molar-refractivity contribution in [3.8, 4) is 0 Å². The van der Waals surface area contributed by atoms with Gasteiger partial charge in [-0.3, -0.25) is 33.3 Å². The standard InChI is InChI=1S/C69H127N2O19P/c1-7-13-19-22-25-28-31-34-40-43-54(85-61(75)46-37-16-10-4)49-59(73)70-57(68(79)80)53-84-69-65(71-60(74)50-55(86-62(76)47-38-17-11-5)44-41-35-32-29-26-23-20-14-8-2)67(66(58(52-72)88-69)90-91(81,82)83)89-64(78)51-56(87-63(77)48-39-18-12-6)45-42-36-33-30-27-24-21-15-9-3/h54-58,65-67,69,72H,7-53H2,1-6H3,(H,70,73)(H,71,74)(H,79,80)(H2,81,82,83)/t54?,55-,56?,57?,58?,65?,66?,67?,69?/m1/s1. The minimum absolute atomic E-state index is 0.110. The SMILES string of the molecule is CCCCCCCCCCCC(CC(=O)NC(COC1OC(CO)C(OP(=O)(O)O)C(OC(=O)CC(CCCCCCCCCCC)OC(=O)CCCCC)C1NC(=O)C[C@@H](CCCCCCCCCCC)OC(=O)CCCCC)C(=O)O)OC(=O)CCCCC. The van der Waals surface area contributed by atoms with E-state index in [4.69, 9.17) is 32.9 Å². The zero-order valence-electron chi connectivity index (χ0n) is 57.3. The van der Waals surface area contributed by atoms with Crippen LogP contribution in [-0.4, -0.2) is 130 Å². The summed E-state index contributed by atoms with van der Waals surface area (Å²) in [6, 6.07) is -3.59. The number of carbonyl (C=O) groups excluding carboxylic acids is 6. The molecule has 1 aliphatic heterocycles. The zero-order valence-corrected chi connectivity index (χ0v) is 58.2. The van der Waals surface area contributed by atoms with E-state index in [1.165, 1.54) is 44.9 Å². The maximum Gasteiger partial charge on any atom is 0.470 e. The lowest BCUT2D eigenvalue weighted by Crippen LogP contribution is -2.66. The van der Waals surface area contributed by atoms with E-state index in [-0.39, 0.29) is 32.1 Å². The van der Waals surface area contributed by atoms with E-state index in [0.29, 0.717) is 51.4 Å². The highest BCUT2D eigenvalue weighted by atomic mass is 31.2. The van der Waals surface area contributed by atoms with Gasteiger partial charge in [-0.05, 0) is 57.8 Å². The molecule has 0 spiro atoms. The molecule has 2 amide bonds. The fourth-order valence-electron chi connectivity index (χ4n) is 11.4. The molecule has 1 saturated heterocycles. The predicted octanol–water partition coefficient (Wildman–Crippen LogP) is 14.6. The van der Waals surface area contributed by atoms with Gasteiger partial charge in [0.2, 0.25) is 11.8 Å². The second-order valence-corrected chi connectivity index (χ2v) is 26.5. The van der Waals surface area contributed by atoms with E-state index in [1.54, 1.807) is 0 Å². The topological polar surface area (TPSA) is 306 Å². The van der Waals surface area contributed by atoms with E-state index in [2.05, 4.69) is 31.4 Å². The number of unbranched alkanes of at least 4 members (excludes halogenated alkanes) is 30. The average Bonchev–Trinajstić information content (AvgIpc) is 2.19. The summed E-state index contributed by atoms with van der Waals surface area (Å²) in [7, 11) is -5.54. The van der Waals surface area contributed by atoms with Crippen molar-refractivity contribution in [2.75, 3.05) is 13.2 Å². The summed E-state index contributed by atoms with van der Waals surface area (Å²) in [6.07, 6.45) is 24.1. The number of aliphatic carboxylic acids is 1. The van der Waals surface area contributed by atoms with Gasteiger partial charge in [0.15, 0.2) is 18.4 Å². The van der Waals surface area contributed by atoms with Crippen LogP contribution in [0.1, 0.15) is 330 Å². The Morgan fingerprint density at radius 3 is 1.14 bits per heavy atom. The van der Waals surface area contributed by atoms with Gasteiger partial charge < -0.3 is 59.1 Å². The lowest BCUT2D eigenvalue weighted by atomic mass is 9.95. The Morgan fingerprint density at radius 2 is 0.791 bits per heavy atom. The Hall–Kier alpha value is -3.72. The number of phosphoric acid groups is 1. The number of aliphatic hydroxyl groups excluding tert-OH is 1. The molecule has 9 atom stereocenters. The third-order valence-electron chi connectivity index (χ3n) is 16.7. The molecular weight excluding hydrogens is 1190 g/mol. The third-order valence-corrected chi connectivity index (χ3v) is 17.2. The fourth-order valence-corrected chi connectivity index (χ4v) is 12.0. The molecule has 1 fully saturated rings. The zero-order chi connectivity index (χ0) is 67.3. The van der Waals surface area contributed by atoms with Crippen LogP contribution in [0.3, 0.4) is 0 Å². The first kappa shape index (κ1) is 85.3. The first-order valence-corrected chi connectivity index (χ1v) is 37.6. The third kappa shape index (κ3) is 45.3. The minimum Gasteiger partial charge on any atom is -0.480 e. The van der Waals surface area contributed by atoms with Gasteiger partial charge >= 0.3 is 37.7 Å². The van der Waals surface area contributed by atoms with Gasteiger partial charge in [0.1, 0.15) is 36.6 Å². The molecular formula is C69H127N2O19P. The number of carboxylic acid groups (broad SMARTS) is 1. The smallest absolute Gasteiger partial charge is 0.470 e. The van der Waals surface area contributed by atoms with E-state index in [1.807, 2.05) is 20.8 Å². The molecule has 0 bridgehead atoms. The molecule has 0 aromatic rings. The molecule has 1 aliphatic rings. The number of rotatable bonds is 61. The normalized spacial score (nSPS) is 18.0. The first-order chi connectivity index (χ1) is 43.8. The monoisotopic (exact) mass is 1320 g/mol. The lowest BCUT2D eigenvalue weighted by Gasteiger charge is -2.45. The van der Waals surface area contributed by atoms with Crippen LogP contribution < -0.4 is 10.6 Å². The molecule has 22 heteroatoms. The number of carbonyl (C=O) groups is 7. The number of aliphatic hydroxyl groups is 1. The number of phosphoric ester groups is 1. The van der Waals surface area contributed by atoms with Crippen LogP contribution in [0.15, 0.2) is 0 Å². The van der Waals surface area contributed by atoms with Gasteiger partial charge in [-0.25, -0.2) is 9.36 Å². The molecule has 21 nitrogen and oxygen atoms in total. The Bertz CT molecular complexity index is 1960. The summed E-state index contributed by atoms with van der Waals surface area (Å²) >= 11 is 0. The Kier molecular flexibility index (Phi) is 52.1. The number of hydrogen-bond donors (Lipinski definition) is 6. The molecule has 1 heterocycles. The minimum atomic E-state index is -5.54.